The number of benzene rings is 1. The van der Waals surface area contributed by atoms with E-state index in [0.717, 1.165) is 0 Å². The number of halogens is 2. The molecule has 1 N–H and O–H groups in total. The van der Waals surface area contributed by atoms with Gasteiger partial charge in [0.1, 0.15) is 6.10 Å². The SMILES string of the molecule is COCC(O)c1cc(Cl)ccc1Cl. The highest BCUT2D eigenvalue weighted by Gasteiger charge is 2.11. The summed E-state index contributed by atoms with van der Waals surface area (Å²) in [5, 5.41) is 10.6. The minimum Gasteiger partial charge on any atom is -0.386 e. The average Bonchev–Trinajstić information content (AvgIpc) is 2.09. The molecule has 0 aliphatic carbocycles. The van der Waals surface area contributed by atoms with Crippen molar-refractivity contribution in [1.82, 2.24) is 0 Å². The van der Waals surface area contributed by atoms with Gasteiger partial charge in [-0.2, -0.15) is 0 Å². The number of hydrogen-bond donors (Lipinski definition) is 1. The highest BCUT2D eigenvalue weighted by atomic mass is 35.5. The molecule has 0 amide bonds. The van der Waals surface area contributed by atoms with E-state index in [2.05, 4.69) is 0 Å². The van der Waals surface area contributed by atoms with Crippen molar-refractivity contribution in [1.29, 1.82) is 0 Å². The third kappa shape index (κ3) is 2.85. The minimum atomic E-state index is -0.726. The molecule has 1 unspecified atom stereocenters. The highest BCUT2D eigenvalue weighted by Crippen LogP contribution is 2.26. The summed E-state index contributed by atoms with van der Waals surface area (Å²) in [5.74, 6) is 0. The van der Waals surface area contributed by atoms with Crippen molar-refractivity contribution >= 4 is 23.2 Å². The van der Waals surface area contributed by atoms with E-state index in [0.29, 0.717) is 15.6 Å². The van der Waals surface area contributed by atoms with Gasteiger partial charge in [-0.25, -0.2) is 0 Å². The van der Waals surface area contributed by atoms with Crippen LogP contribution in [0.15, 0.2) is 18.2 Å². The molecule has 0 aromatic heterocycles. The van der Waals surface area contributed by atoms with Gasteiger partial charge in [-0.15, -0.1) is 0 Å². The second-order valence-electron chi connectivity index (χ2n) is 2.64. The van der Waals surface area contributed by atoms with E-state index < -0.39 is 6.10 Å². The Hall–Kier alpha value is -0.280. The van der Waals surface area contributed by atoms with Gasteiger partial charge < -0.3 is 9.84 Å². The lowest BCUT2D eigenvalue weighted by atomic mass is 10.1. The molecule has 0 aliphatic rings. The summed E-state index contributed by atoms with van der Waals surface area (Å²) >= 11 is 11.6. The van der Waals surface area contributed by atoms with Gasteiger partial charge in [0.2, 0.25) is 0 Å². The first-order valence-electron chi connectivity index (χ1n) is 3.77. The van der Waals surface area contributed by atoms with Crippen LogP contribution in [0.3, 0.4) is 0 Å². The zero-order chi connectivity index (χ0) is 9.84. The summed E-state index contributed by atoms with van der Waals surface area (Å²) in [5.41, 5.74) is 0.594. The fourth-order valence-electron chi connectivity index (χ4n) is 1.02. The van der Waals surface area contributed by atoms with Crippen molar-refractivity contribution in [2.45, 2.75) is 6.10 Å². The van der Waals surface area contributed by atoms with E-state index in [1.807, 2.05) is 0 Å². The number of rotatable bonds is 3. The molecule has 0 saturated carbocycles. The molecule has 0 spiro atoms. The lowest BCUT2D eigenvalue weighted by Crippen LogP contribution is -2.05. The first kappa shape index (κ1) is 10.8. The Morgan fingerprint density at radius 2 is 2.15 bits per heavy atom. The first-order chi connectivity index (χ1) is 6.15. The van der Waals surface area contributed by atoms with Gasteiger partial charge in [0.15, 0.2) is 0 Å². The summed E-state index contributed by atoms with van der Waals surface area (Å²) in [6.45, 7) is 0.208. The summed E-state index contributed by atoms with van der Waals surface area (Å²) in [7, 11) is 1.52. The third-order valence-electron chi connectivity index (χ3n) is 1.64. The van der Waals surface area contributed by atoms with Gasteiger partial charge in [0, 0.05) is 22.7 Å². The normalized spacial score (nSPS) is 12.9. The van der Waals surface area contributed by atoms with Gasteiger partial charge in [0.25, 0.3) is 0 Å². The number of ether oxygens (including phenoxy) is 1. The van der Waals surface area contributed by atoms with E-state index in [9.17, 15) is 5.11 Å². The minimum absolute atomic E-state index is 0.208. The number of hydrogen-bond acceptors (Lipinski definition) is 2. The van der Waals surface area contributed by atoms with Gasteiger partial charge in [-0.3, -0.25) is 0 Å². The first-order valence-corrected chi connectivity index (χ1v) is 4.52. The van der Waals surface area contributed by atoms with Crippen LogP contribution in [-0.2, 0) is 4.74 Å². The van der Waals surface area contributed by atoms with E-state index in [-0.39, 0.29) is 6.61 Å². The van der Waals surface area contributed by atoms with Gasteiger partial charge >= 0.3 is 0 Å². The van der Waals surface area contributed by atoms with Crippen LogP contribution in [0.5, 0.6) is 0 Å². The maximum atomic E-state index is 9.56. The Balaban J connectivity index is 2.91. The second-order valence-corrected chi connectivity index (χ2v) is 3.48. The van der Waals surface area contributed by atoms with Crippen LogP contribution < -0.4 is 0 Å². The standard InChI is InChI=1S/C9H10Cl2O2/c1-13-5-9(12)7-4-6(10)2-3-8(7)11/h2-4,9,12H,5H2,1H3. The monoisotopic (exact) mass is 220 g/mol. The predicted octanol–water partition coefficient (Wildman–Crippen LogP) is 2.67. The molecule has 0 aliphatic heterocycles. The lowest BCUT2D eigenvalue weighted by Gasteiger charge is -2.11. The van der Waals surface area contributed by atoms with Gasteiger partial charge in [-0.1, -0.05) is 23.2 Å². The van der Waals surface area contributed by atoms with Crippen molar-refractivity contribution in [3.8, 4) is 0 Å². The molecular weight excluding hydrogens is 211 g/mol. The summed E-state index contributed by atoms with van der Waals surface area (Å²) in [6.07, 6.45) is -0.726. The molecule has 13 heavy (non-hydrogen) atoms. The molecule has 2 nitrogen and oxygen atoms in total. The Morgan fingerprint density at radius 3 is 2.77 bits per heavy atom. The Bertz CT molecular complexity index is 289. The summed E-state index contributed by atoms with van der Waals surface area (Å²) in [6, 6.07) is 4.96. The van der Waals surface area contributed by atoms with Crippen LogP contribution in [0, 0.1) is 0 Å². The quantitative estimate of drug-likeness (QED) is 0.850. The van der Waals surface area contributed by atoms with E-state index in [1.54, 1.807) is 18.2 Å². The van der Waals surface area contributed by atoms with Crippen LogP contribution in [0.25, 0.3) is 0 Å². The molecule has 1 aromatic carbocycles. The Kier molecular flexibility index (Phi) is 4.00. The topological polar surface area (TPSA) is 29.5 Å². The van der Waals surface area contributed by atoms with E-state index in [4.69, 9.17) is 27.9 Å². The van der Waals surface area contributed by atoms with Crippen molar-refractivity contribution in [2.75, 3.05) is 13.7 Å². The van der Waals surface area contributed by atoms with Crippen LogP contribution in [0.1, 0.15) is 11.7 Å². The zero-order valence-electron chi connectivity index (χ0n) is 7.13. The van der Waals surface area contributed by atoms with Crippen molar-refractivity contribution < 1.29 is 9.84 Å². The maximum Gasteiger partial charge on any atom is 0.104 e. The molecule has 4 heteroatoms. The molecule has 1 atom stereocenters. The van der Waals surface area contributed by atoms with Crippen LogP contribution in [-0.4, -0.2) is 18.8 Å². The van der Waals surface area contributed by atoms with E-state index >= 15 is 0 Å². The highest BCUT2D eigenvalue weighted by molar-refractivity contribution is 6.33. The van der Waals surface area contributed by atoms with Gasteiger partial charge in [-0.05, 0) is 18.2 Å². The van der Waals surface area contributed by atoms with Crippen LogP contribution >= 0.6 is 23.2 Å². The van der Waals surface area contributed by atoms with Crippen LogP contribution in [0.4, 0.5) is 0 Å². The molecule has 1 aromatic rings. The number of aliphatic hydroxyl groups is 1. The van der Waals surface area contributed by atoms with Crippen LogP contribution in [0.2, 0.25) is 10.0 Å². The smallest absolute Gasteiger partial charge is 0.104 e. The molecule has 72 valence electrons. The van der Waals surface area contributed by atoms with Crippen molar-refractivity contribution in [3.05, 3.63) is 33.8 Å². The zero-order valence-corrected chi connectivity index (χ0v) is 8.64. The second kappa shape index (κ2) is 4.82. The largest absolute Gasteiger partial charge is 0.386 e. The third-order valence-corrected chi connectivity index (χ3v) is 2.22. The van der Waals surface area contributed by atoms with Gasteiger partial charge in [0.05, 0.1) is 6.61 Å². The average molecular weight is 221 g/mol. The van der Waals surface area contributed by atoms with Crippen molar-refractivity contribution in [2.24, 2.45) is 0 Å². The molecule has 0 bridgehead atoms. The Labute approximate surface area is 87.0 Å². The molecule has 0 heterocycles. The predicted molar refractivity (Wildman–Crippen MR) is 53.3 cm³/mol. The summed E-state index contributed by atoms with van der Waals surface area (Å²) < 4.78 is 4.80. The van der Waals surface area contributed by atoms with Crippen molar-refractivity contribution in [3.63, 3.8) is 0 Å². The molecule has 1 rings (SSSR count). The summed E-state index contributed by atoms with van der Waals surface area (Å²) in [4.78, 5) is 0. The molecular formula is C9H10Cl2O2. The molecule has 0 radical (unpaired) electrons. The molecule has 0 fully saturated rings. The fraction of sp³-hybridized carbons (Fsp3) is 0.333. The lowest BCUT2D eigenvalue weighted by molar-refractivity contribution is 0.0644. The maximum absolute atomic E-state index is 9.56. The fourth-order valence-corrected chi connectivity index (χ4v) is 1.44. The Morgan fingerprint density at radius 1 is 1.46 bits per heavy atom. The van der Waals surface area contributed by atoms with E-state index in [1.165, 1.54) is 7.11 Å². The number of aliphatic hydroxyl groups excluding tert-OH is 1. The number of methoxy groups -OCH3 is 1. The molecule has 0 saturated heterocycles.